The molecule has 0 atom stereocenters. The molecule has 0 aliphatic carbocycles. The highest BCUT2D eigenvalue weighted by Crippen LogP contribution is 2.25. The van der Waals surface area contributed by atoms with Gasteiger partial charge in [0.05, 0.1) is 10.9 Å². The zero-order chi connectivity index (χ0) is 10.9. The van der Waals surface area contributed by atoms with Crippen LogP contribution in [0.15, 0.2) is 10.5 Å². The van der Waals surface area contributed by atoms with E-state index in [2.05, 4.69) is 15.9 Å². The van der Waals surface area contributed by atoms with E-state index < -0.39 is 39.9 Å². The quantitative estimate of drug-likeness (QED) is 0.661. The Kier molecular flexibility index (Phi) is 3.15. The lowest BCUT2D eigenvalue weighted by Crippen LogP contribution is -2.05. The highest BCUT2D eigenvalue weighted by molar-refractivity contribution is 9.10. The van der Waals surface area contributed by atoms with Crippen molar-refractivity contribution in [2.75, 3.05) is 0 Å². The first-order valence-corrected chi connectivity index (χ1v) is 4.26. The Labute approximate surface area is 85.5 Å². The van der Waals surface area contributed by atoms with Crippen LogP contribution >= 0.6 is 15.9 Å². The highest BCUT2D eigenvalue weighted by Gasteiger charge is 2.17. The molecule has 1 aromatic rings. The molecule has 14 heavy (non-hydrogen) atoms. The molecule has 0 radical (unpaired) electrons. The van der Waals surface area contributed by atoms with E-state index in [-0.39, 0.29) is 0 Å². The van der Waals surface area contributed by atoms with Crippen molar-refractivity contribution in [3.8, 4) is 0 Å². The van der Waals surface area contributed by atoms with Crippen molar-refractivity contribution < 1.29 is 23.1 Å². The number of aliphatic carboxylic acids is 1. The minimum atomic E-state index is -1.36. The van der Waals surface area contributed by atoms with E-state index in [4.69, 9.17) is 5.11 Å². The first-order chi connectivity index (χ1) is 6.43. The minimum Gasteiger partial charge on any atom is -0.481 e. The maximum atomic E-state index is 13.1. The number of carboxylic acid groups (broad SMARTS) is 1. The fraction of sp³-hybridized carbons (Fsp3) is 0.125. The van der Waals surface area contributed by atoms with Crippen LogP contribution in [0.5, 0.6) is 0 Å². The summed E-state index contributed by atoms with van der Waals surface area (Å²) in [5, 5.41) is 8.34. The van der Waals surface area contributed by atoms with Gasteiger partial charge >= 0.3 is 5.97 Å². The van der Waals surface area contributed by atoms with Gasteiger partial charge in [-0.15, -0.1) is 0 Å². The van der Waals surface area contributed by atoms with Gasteiger partial charge < -0.3 is 5.11 Å². The third-order valence-corrected chi connectivity index (χ3v) is 2.22. The lowest BCUT2D eigenvalue weighted by Gasteiger charge is -2.03. The zero-order valence-electron chi connectivity index (χ0n) is 6.65. The summed E-state index contributed by atoms with van der Waals surface area (Å²) in [4.78, 5) is 10.2. The SMILES string of the molecule is O=C(O)Cc1cc(F)c(F)c(Br)c1F. The molecule has 6 heteroatoms. The molecule has 0 amide bonds. The van der Waals surface area contributed by atoms with E-state index in [1.807, 2.05) is 0 Å². The Morgan fingerprint density at radius 3 is 2.43 bits per heavy atom. The lowest BCUT2D eigenvalue weighted by atomic mass is 10.1. The number of carbonyl (C=O) groups is 1. The molecule has 0 saturated carbocycles. The van der Waals surface area contributed by atoms with Gasteiger partial charge in [0.1, 0.15) is 5.82 Å². The molecular formula is C8H4BrF3O2. The topological polar surface area (TPSA) is 37.3 Å². The first-order valence-electron chi connectivity index (χ1n) is 3.47. The van der Waals surface area contributed by atoms with Gasteiger partial charge in [0.25, 0.3) is 0 Å². The van der Waals surface area contributed by atoms with Crippen molar-refractivity contribution >= 4 is 21.9 Å². The van der Waals surface area contributed by atoms with E-state index in [0.717, 1.165) is 0 Å². The van der Waals surface area contributed by atoms with Crippen LogP contribution in [0, 0.1) is 17.5 Å². The summed E-state index contributed by atoms with van der Waals surface area (Å²) >= 11 is 2.49. The number of benzene rings is 1. The molecule has 1 N–H and O–H groups in total. The molecule has 0 spiro atoms. The van der Waals surface area contributed by atoms with Crippen molar-refractivity contribution in [2.24, 2.45) is 0 Å². The second kappa shape index (κ2) is 4.00. The normalized spacial score (nSPS) is 10.3. The number of halogens is 4. The van der Waals surface area contributed by atoms with Crippen LogP contribution in [0.2, 0.25) is 0 Å². The smallest absolute Gasteiger partial charge is 0.307 e. The molecule has 0 aromatic heterocycles. The molecule has 1 rings (SSSR count). The maximum Gasteiger partial charge on any atom is 0.307 e. The summed E-state index contributed by atoms with van der Waals surface area (Å²) in [5.74, 6) is -5.06. The minimum absolute atomic E-state index is 0.400. The third-order valence-electron chi connectivity index (χ3n) is 1.52. The Hall–Kier alpha value is -1.04. The summed E-state index contributed by atoms with van der Waals surface area (Å²) in [7, 11) is 0. The Bertz CT molecular complexity index is 393. The molecule has 0 fully saturated rings. The Balaban J connectivity index is 3.25. The van der Waals surface area contributed by atoms with E-state index >= 15 is 0 Å². The second-order valence-electron chi connectivity index (χ2n) is 2.53. The molecule has 76 valence electrons. The highest BCUT2D eigenvalue weighted by atomic mass is 79.9. The molecule has 0 unspecified atom stereocenters. The number of rotatable bonds is 2. The number of hydrogen-bond acceptors (Lipinski definition) is 1. The van der Waals surface area contributed by atoms with E-state index in [1.54, 1.807) is 0 Å². The number of hydrogen-bond donors (Lipinski definition) is 1. The van der Waals surface area contributed by atoms with Crippen LogP contribution in [-0.2, 0) is 11.2 Å². The molecule has 2 nitrogen and oxygen atoms in total. The summed E-state index contributed by atoms with van der Waals surface area (Å²) < 4.78 is 37.8. The summed E-state index contributed by atoms with van der Waals surface area (Å²) in [5.41, 5.74) is -0.400. The molecule has 0 saturated heterocycles. The van der Waals surface area contributed by atoms with Gasteiger partial charge in [-0.1, -0.05) is 0 Å². The van der Waals surface area contributed by atoms with Gasteiger partial charge in [0.15, 0.2) is 11.6 Å². The zero-order valence-corrected chi connectivity index (χ0v) is 8.24. The van der Waals surface area contributed by atoms with Crippen molar-refractivity contribution in [2.45, 2.75) is 6.42 Å². The standard InChI is InChI=1S/C8H4BrF3O2/c9-6-7(11)3(2-5(13)14)1-4(10)8(6)12/h1H,2H2,(H,13,14). The van der Waals surface area contributed by atoms with E-state index in [0.29, 0.717) is 6.07 Å². The van der Waals surface area contributed by atoms with Gasteiger partial charge in [-0.3, -0.25) is 4.79 Å². The fourth-order valence-electron chi connectivity index (χ4n) is 0.913. The van der Waals surface area contributed by atoms with Crippen molar-refractivity contribution in [1.82, 2.24) is 0 Å². The van der Waals surface area contributed by atoms with Gasteiger partial charge in [0.2, 0.25) is 0 Å². The molecule has 0 aliphatic heterocycles. The maximum absolute atomic E-state index is 13.1. The van der Waals surface area contributed by atoms with Crippen molar-refractivity contribution in [3.63, 3.8) is 0 Å². The summed E-state index contributed by atoms with van der Waals surface area (Å²) in [6.07, 6.45) is -0.693. The molecule has 1 aromatic carbocycles. The van der Waals surface area contributed by atoms with Gasteiger partial charge in [0, 0.05) is 5.56 Å². The first kappa shape index (κ1) is 11.0. The summed E-state index contributed by atoms with van der Waals surface area (Å²) in [6.45, 7) is 0. The van der Waals surface area contributed by atoms with Crippen LogP contribution in [-0.4, -0.2) is 11.1 Å². The van der Waals surface area contributed by atoms with Gasteiger partial charge in [-0.25, -0.2) is 13.2 Å². The van der Waals surface area contributed by atoms with Crippen molar-refractivity contribution in [1.29, 1.82) is 0 Å². The molecule has 0 heterocycles. The van der Waals surface area contributed by atoms with Crippen LogP contribution in [0.25, 0.3) is 0 Å². The van der Waals surface area contributed by atoms with Crippen LogP contribution < -0.4 is 0 Å². The number of carboxylic acids is 1. The predicted molar refractivity (Wildman–Crippen MR) is 45.4 cm³/mol. The van der Waals surface area contributed by atoms with Crippen LogP contribution in [0.1, 0.15) is 5.56 Å². The Morgan fingerprint density at radius 1 is 1.36 bits per heavy atom. The van der Waals surface area contributed by atoms with Crippen molar-refractivity contribution in [3.05, 3.63) is 33.6 Å². The average molecular weight is 269 g/mol. The molecule has 0 aliphatic rings. The monoisotopic (exact) mass is 268 g/mol. The second-order valence-corrected chi connectivity index (χ2v) is 3.32. The van der Waals surface area contributed by atoms with Gasteiger partial charge in [-0.2, -0.15) is 0 Å². The summed E-state index contributed by atoms with van der Waals surface area (Å²) in [6, 6.07) is 0.531. The van der Waals surface area contributed by atoms with Crippen LogP contribution in [0.3, 0.4) is 0 Å². The Morgan fingerprint density at radius 2 is 1.93 bits per heavy atom. The average Bonchev–Trinajstić information content (AvgIpc) is 2.10. The van der Waals surface area contributed by atoms with E-state index in [9.17, 15) is 18.0 Å². The van der Waals surface area contributed by atoms with Gasteiger partial charge in [-0.05, 0) is 22.0 Å². The van der Waals surface area contributed by atoms with Crippen LogP contribution in [0.4, 0.5) is 13.2 Å². The van der Waals surface area contributed by atoms with E-state index in [1.165, 1.54) is 0 Å². The molecular weight excluding hydrogens is 265 g/mol. The lowest BCUT2D eigenvalue weighted by molar-refractivity contribution is -0.136. The molecule has 0 bridgehead atoms. The largest absolute Gasteiger partial charge is 0.481 e. The predicted octanol–water partition coefficient (Wildman–Crippen LogP) is 2.49. The third kappa shape index (κ3) is 2.06. The fourth-order valence-corrected chi connectivity index (χ4v) is 1.36.